The Labute approximate surface area is 181 Å². The molecule has 0 radical (unpaired) electrons. The maximum absolute atomic E-state index is 15.2. The molecule has 0 amide bonds. The lowest BCUT2D eigenvalue weighted by Gasteiger charge is -2.51. The zero-order chi connectivity index (χ0) is 20.7. The van der Waals surface area contributed by atoms with E-state index in [9.17, 15) is 4.39 Å². The van der Waals surface area contributed by atoms with Gasteiger partial charge in [0, 0.05) is 28.5 Å². The highest BCUT2D eigenvalue weighted by Crippen LogP contribution is 2.53. The molecule has 0 unspecified atom stereocenters. The van der Waals surface area contributed by atoms with E-state index in [1.807, 2.05) is 24.3 Å². The van der Waals surface area contributed by atoms with E-state index in [1.54, 1.807) is 0 Å². The van der Waals surface area contributed by atoms with Crippen molar-refractivity contribution in [2.45, 2.75) is 56.5 Å². The van der Waals surface area contributed by atoms with Crippen molar-refractivity contribution in [3.8, 4) is 5.75 Å². The highest BCUT2D eigenvalue weighted by atomic mass is 35.5. The predicted octanol–water partition coefficient (Wildman–Crippen LogP) is 6.48. The SMILES string of the molecule is Fc1ccc(F)c2c1OC[C@@H]1[C@@H](CCCC3CC3)OCC[C@]21Cc1ccc(Cl)cc1. The summed E-state index contributed by atoms with van der Waals surface area (Å²) in [5.74, 6) is 0.0758. The average Bonchev–Trinajstić information content (AvgIpc) is 3.56. The summed E-state index contributed by atoms with van der Waals surface area (Å²) in [6.07, 6.45) is 7.25. The molecule has 0 N–H and O–H groups in total. The van der Waals surface area contributed by atoms with Crippen LogP contribution in [0.3, 0.4) is 0 Å². The summed E-state index contributed by atoms with van der Waals surface area (Å²) in [4.78, 5) is 0. The van der Waals surface area contributed by atoms with Crippen molar-refractivity contribution in [1.82, 2.24) is 0 Å². The summed E-state index contributed by atoms with van der Waals surface area (Å²) in [5.41, 5.74) is 0.916. The van der Waals surface area contributed by atoms with Gasteiger partial charge in [-0.05, 0) is 55.0 Å². The Hall–Kier alpha value is -1.65. The normalized spacial score (nSPS) is 27.8. The predicted molar refractivity (Wildman–Crippen MR) is 113 cm³/mol. The number of hydrogen-bond acceptors (Lipinski definition) is 2. The topological polar surface area (TPSA) is 18.5 Å². The van der Waals surface area contributed by atoms with E-state index in [2.05, 4.69) is 0 Å². The summed E-state index contributed by atoms with van der Waals surface area (Å²) in [7, 11) is 0. The molecule has 5 heteroatoms. The molecule has 1 aliphatic carbocycles. The van der Waals surface area contributed by atoms with Crippen LogP contribution in [0.4, 0.5) is 8.78 Å². The quantitative estimate of drug-likeness (QED) is 0.520. The lowest BCUT2D eigenvalue weighted by molar-refractivity contribution is -0.0994. The van der Waals surface area contributed by atoms with E-state index in [-0.39, 0.29) is 23.6 Å². The van der Waals surface area contributed by atoms with Gasteiger partial charge in [0.15, 0.2) is 11.6 Å². The maximum Gasteiger partial charge on any atom is 0.165 e. The van der Waals surface area contributed by atoms with Gasteiger partial charge in [0.1, 0.15) is 5.82 Å². The van der Waals surface area contributed by atoms with E-state index >= 15 is 4.39 Å². The van der Waals surface area contributed by atoms with Crippen molar-refractivity contribution < 1.29 is 18.3 Å². The molecular formula is C25H27ClF2O2. The molecule has 1 saturated carbocycles. The molecule has 2 aliphatic heterocycles. The first-order chi connectivity index (χ1) is 14.6. The monoisotopic (exact) mass is 432 g/mol. The smallest absolute Gasteiger partial charge is 0.165 e. The molecule has 0 aromatic heterocycles. The number of ether oxygens (including phenoxy) is 2. The van der Waals surface area contributed by atoms with Gasteiger partial charge in [0.25, 0.3) is 0 Å². The second-order valence-electron chi connectivity index (χ2n) is 9.14. The van der Waals surface area contributed by atoms with Crippen molar-refractivity contribution in [3.63, 3.8) is 0 Å². The standard InChI is InChI=1S/C25H27ClF2O2/c26-18-8-6-17(7-9-18)14-25-12-13-29-22(3-1-2-16-4-5-16)19(25)15-30-24-21(28)11-10-20(27)23(24)25/h6-11,16,19,22H,1-5,12-15H2/t19-,22-,25-/m1/s1. The molecule has 3 atom stereocenters. The third-order valence-corrected chi connectivity index (χ3v) is 7.49. The van der Waals surface area contributed by atoms with Crippen LogP contribution in [0.2, 0.25) is 5.02 Å². The van der Waals surface area contributed by atoms with Gasteiger partial charge in [0.2, 0.25) is 0 Å². The minimum atomic E-state index is -0.546. The third kappa shape index (κ3) is 3.73. The van der Waals surface area contributed by atoms with Crippen LogP contribution < -0.4 is 4.74 Å². The van der Waals surface area contributed by atoms with Gasteiger partial charge in [-0.1, -0.05) is 49.4 Å². The van der Waals surface area contributed by atoms with E-state index in [0.29, 0.717) is 36.6 Å². The Morgan fingerprint density at radius 3 is 2.53 bits per heavy atom. The number of fused-ring (bicyclic) bond motifs is 3. The van der Waals surface area contributed by atoms with Crippen molar-refractivity contribution >= 4 is 11.6 Å². The molecule has 1 saturated heterocycles. The molecule has 30 heavy (non-hydrogen) atoms. The van der Waals surface area contributed by atoms with Gasteiger partial charge in [-0.15, -0.1) is 0 Å². The van der Waals surface area contributed by atoms with E-state index < -0.39 is 11.2 Å². The van der Waals surface area contributed by atoms with Crippen LogP contribution in [0.15, 0.2) is 36.4 Å². The molecule has 5 rings (SSSR count). The van der Waals surface area contributed by atoms with Crippen LogP contribution in [0, 0.1) is 23.5 Å². The minimum Gasteiger partial charge on any atom is -0.490 e. The third-order valence-electron chi connectivity index (χ3n) is 7.23. The first-order valence-corrected chi connectivity index (χ1v) is 11.4. The number of benzene rings is 2. The van der Waals surface area contributed by atoms with E-state index in [0.717, 1.165) is 30.4 Å². The minimum absolute atomic E-state index is 0.000572. The first kappa shape index (κ1) is 20.3. The second kappa shape index (κ2) is 8.12. The molecule has 160 valence electrons. The molecule has 2 nitrogen and oxygen atoms in total. The molecule has 2 fully saturated rings. The van der Waals surface area contributed by atoms with Crippen LogP contribution >= 0.6 is 11.6 Å². The lowest BCUT2D eigenvalue weighted by Crippen LogP contribution is -2.54. The molecule has 0 bridgehead atoms. The lowest BCUT2D eigenvalue weighted by atomic mass is 9.60. The molecule has 0 spiro atoms. The number of hydrogen-bond donors (Lipinski definition) is 0. The van der Waals surface area contributed by atoms with Crippen molar-refractivity contribution in [2.24, 2.45) is 11.8 Å². The van der Waals surface area contributed by atoms with E-state index in [1.165, 1.54) is 25.3 Å². The van der Waals surface area contributed by atoms with Crippen LogP contribution in [-0.2, 0) is 16.6 Å². The van der Waals surface area contributed by atoms with Crippen LogP contribution in [-0.4, -0.2) is 19.3 Å². The van der Waals surface area contributed by atoms with Crippen LogP contribution in [0.5, 0.6) is 5.75 Å². The number of halogens is 3. The Bertz CT molecular complexity index is 912. The summed E-state index contributed by atoms with van der Waals surface area (Å²) in [6.45, 7) is 0.905. The van der Waals surface area contributed by atoms with Gasteiger partial charge in [-0.25, -0.2) is 8.78 Å². The summed E-state index contributed by atoms with van der Waals surface area (Å²) in [6, 6.07) is 10.1. The molecule has 2 heterocycles. The highest BCUT2D eigenvalue weighted by Gasteiger charge is 2.53. The zero-order valence-corrected chi connectivity index (χ0v) is 17.8. The molecular weight excluding hydrogens is 406 g/mol. The largest absolute Gasteiger partial charge is 0.490 e. The van der Waals surface area contributed by atoms with E-state index in [4.69, 9.17) is 21.1 Å². The average molecular weight is 433 g/mol. The van der Waals surface area contributed by atoms with Crippen molar-refractivity contribution in [2.75, 3.05) is 13.2 Å². The van der Waals surface area contributed by atoms with Crippen molar-refractivity contribution in [3.05, 3.63) is 64.2 Å². The van der Waals surface area contributed by atoms with Gasteiger partial charge < -0.3 is 9.47 Å². The Kier molecular flexibility index (Phi) is 5.49. The summed E-state index contributed by atoms with van der Waals surface area (Å²) < 4.78 is 41.9. The Morgan fingerprint density at radius 2 is 1.77 bits per heavy atom. The fourth-order valence-corrected chi connectivity index (χ4v) is 5.64. The van der Waals surface area contributed by atoms with Gasteiger partial charge >= 0.3 is 0 Å². The first-order valence-electron chi connectivity index (χ1n) is 11.0. The Morgan fingerprint density at radius 1 is 1.00 bits per heavy atom. The maximum atomic E-state index is 15.2. The molecule has 3 aliphatic rings. The summed E-state index contributed by atoms with van der Waals surface area (Å²) in [5, 5.41) is 0.669. The zero-order valence-electron chi connectivity index (χ0n) is 17.0. The Balaban J connectivity index is 1.53. The summed E-state index contributed by atoms with van der Waals surface area (Å²) >= 11 is 6.08. The molecule has 2 aromatic rings. The fraction of sp³-hybridized carbons (Fsp3) is 0.520. The number of rotatable bonds is 6. The highest BCUT2D eigenvalue weighted by molar-refractivity contribution is 6.30. The van der Waals surface area contributed by atoms with Crippen LogP contribution in [0.25, 0.3) is 0 Å². The van der Waals surface area contributed by atoms with Gasteiger partial charge in [-0.2, -0.15) is 0 Å². The van der Waals surface area contributed by atoms with Gasteiger partial charge in [0.05, 0.1) is 12.7 Å². The van der Waals surface area contributed by atoms with Crippen molar-refractivity contribution in [1.29, 1.82) is 0 Å². The fourth-order valence-electron chi connectivity index (χ4n) is 5.51. The van der Waals surface area contributed by atoms with Crippen LogP contribution in [0.1, 0.15) is 49.7 Å². The van der Waals surface area contributed by atoms with Gasteiger partial charge in [-0.3, -0.25) is 0 Å². The second-order valence-corrected chi connectivity index (χ2v) is 9.58. The molecule has 2 aromatic carbocycles.